The van der Waals surface area contributed by atoms with Crippen LogP contribution in [0, 0.1) is 5.82 Å². The number of carbonyl (C=O) groups excluding carboxylic acids is 1. The molecule has 0 bridgehead atoms. The van der Waals surface area contributed by atoms with Crippen molar-refractivity contribution in [2.75, 3.05) is 14.1 Å². The van der Waals surface area contributed by atoms with E-state index in [1.165, 1.54) is 29.2 Å². The number of phenols is 1. The molecule has 1 N–H and O–H groups in total. The molecule has 0 aromatic heterocycles. The number of benzene rings is 2. The minimum Gasteiger partial charge on any atom is -0.507 e. The first-order chi connectivity index (χ1) is 7.99. The summed E-state index contributed by atoms with van der Waals surface area (Å²) in [7, 11) is 3.27. The number of fused-ring (bicyclic) bond motifs is 1. The molecular weight excluding hydrogens is 221 g/mol. The Hall–Kier alpha value is -2.10. The van der Waals surface area contributed by atoms with Crippen LogP contribution in [0.4, 0.5) is 4.39 Å². The number of halogens is 1. The molecule has 0 radical (unpaired) electrons. The van der Waals surface area contributed by atoms with Crippen molar-refractivity contribution >= 4 is 16.7 Å². The van der Waals surface area contributed by atoms with Gasteiger partial charge < -0.3 is 10.0 Å². The molecule has 0 aliphatic heterocycles. The molecule has 0 aliphatic carbocycles. The van der Waals surface area contributed by atoms with E-state index in [2.05, 4.69) is 0 Å². The van der Waals surface area contributed by atoms with Crippen molar-refractivity contribution in [1.29, 1.82) is 0 Å². The Labute approximate surface area is 98.1 Å². The fourth-order valence-electron chi connectivity index (χ4n) is 1.69. The molecule has 0 saturated carbocycles. The monoisotopic (exact) mass is 233 g/mol. The number of phenolic OH excluding ortho intramolecular Hbond substituents is 1. The SMILES string of the molecule is CN(C)C(=O)c1cc(O)c2cc(F)ccc2c1. The van der Waals surface area contributed by atoms with Crippen LogP contribution in [0.25, 0.3) is 10.8 Å². The van der Waals surface area contributed by atoms with Crippen LogP contribution in [0.2, 0.25) is 0 Å². The van der Waals surface area contributed by atoms with Gasteiger partial charge in [-0.1, -0.05) is 6.07 Å². The Balaban J connectivity index is 2.64. The van der Waals surface area contributed by atoms with Crippen LogP contribution < -0.4 is 0 Å². The van der Waals surface area contributed by atoms with Gasteiger partial charge in [-0.3, -0.25) is 4.79 Å². The summed E-state index contributed by atoms with van der Waals surface area (Å²) in [4.78, 5) is 13.2. The predicted molar refractivity (Wildman–Crippen MR) is 63.6 cm³/mol. The molecular formula is C13H12FNO2. The highest BCUT2D eigenvalue weighted by Crippen LogP contribution is 2.27. The van der Waals surface area contributed by atoms with E-state index in [0.29, 0.717) is 16.3 Å². The second-order valence-electron chi connectivity index (χ2n) is 4.06. The summed E-state index contributed by atoms with van der Waals surface area (Å²) >= 11 is 0. The molecule has 4 heteroatoms. The number of carbonyl (C=O) groups is 1. The largest absolute Gasteiger partial charge is 0.507 e. The first kappa shape index (κ1) is 11.4. The summed E-state index contributed by atoms with van der Waals surface area (Å²) in [5, 5.41) is 10.8. The van der Waals surface area contributed by atoms with E-state index in [4.69, 9.17) is 0 Å². The summed E-state index contributed by atoms with van der Waals surface area (Å²) in [6, 6.07) is 7.07. The molecule has 0 fully saturated rings. The number of hydrogen-bond acceptors (Lipinski definition) is 2. The van der Waals surface area contributed by atoms with Crippen molar-refractivity contribution in [1.82, 2.24) is 4.90 Å². The Kier molecular flexibility index (Phi) is 2.71. The highest BCUT2D eigenvalue weighted by Gasteiger charge is 2.11. The zero-order valence-corrected chi connectivity index (χ0v) is 9.57. The van der Waals surface area contributed by atoms with Gasteiger partial charge in [-0.25, -0.2) is 4.39 Å². The summed E-state index contributed by atoms with van der Waals surface area (Å²) in [6.45, 7) is 0. The van der Waals surface area contributed by atoms with Crippen LogP contribution in [-0.2, 0) is 0 Å². The number of aromatic hydroxyl groups is 1. The Morgan fingerprint density at radius 3 is 2.59 bits per heavy atom. The van der Waals surface area contributed by atoms with Gasteiger partial charge in [-0.15, -0.1) is 0 Å². The van der Waals surface area contributed by atoms with Crippen molar-refractivity contribution < 1.29 is 14.3 Å². The van der Waals surface area contributed by atoms with Gasteiger partial charge in [-0.2, -0.15) is 0 Å². The topological polar surface area (TPSA) is 40.5 Å². The van der Waals surface area contributed by atoms with E-state index in [9.17, 15) is 14.3 Å². The number of amides is 1. The minimum atomic E-state index is -0.417. The third-order valence-electron chi connectivity index (χ3n) is 2.55. The second kappa shape index (κ2) is 4.05. The zero-order valence-electron chi connectivity index (χ0n) is 9.57. The van der Waals surface area contributed by atoms with Crippen LogP contribution in [0.3, 0.4) is 0 Å². The van der Waals surface area contributed by atoms with Crippen LogP contribution >= 0.6 is 0 Å². The van der Waals surface area contributed by atoms with Gasteiger partial charge >= 0.3 is 0 Å². The molecule has 2 aromatic carbocycles. The average molecular weight is 233 g/mol. The highest BCUT2D eigenvalue weighted by molar-refractivity contribution is 6.00. The quantitative estimate of drug-likeness (QED) is 0.821. The first-order valence-corrected chi connectivity index (χ1v) is 5.13. The maximum Gasteiger partial charge on any atom is 0.253 e. The van der Waals surface area contributed by atoms with E-state index < -0.39 is 5.82 Å². The van der Waals surface area contributed by atoms with Crippen molar-refractivity contribution in [2.24, 2.45) is 0 Å². The van der Waals surface area contributed by atoms with Gasteiger partial charge in [0, 0.05) is 25.0 Å². The lowest BCUT2D eigenvalue weighted by Gasteiger charge is -2.11. The molecule has 0 unspecified atom stereocenters. The fourth-order valence-corrected chi connectivity index (χ4v) is 1.69. The Morgan fingerprint density at radius 2 is 1.94 bits per heavy atom. The second-order valence-corrected chi connectivity index (χ2v) is 4.06. The van der Waals surface area contributed by atoms with Gasteiger partial charge in [0.2, 0.25) is 0 Å². The molecule has 0 heterocycles. The summed E-state index contributed by atoms with van der Waals surface area (Å²) < 4.78 is 13.0. The van der Waals surface area contributed by atoms with E-state index in [0.717, 1.165) is 0 Å². The number of rotatable bonds is 1. The summed E-state index contributed by atoms with van der Waals surface area (Å²) in [5.74, 6) is -0.710. The van der Waals surface area contributed by atoms with Crippen molar-refractivity contribution in [3.8, 4) is 5.75 Å². The van der Waals surface area contributed by atoms with Crippen molar-refractivity contribution in [3.05, 3.63) is 41.7 Å². The van der Waals surface area contributed by atoms with Crippen molar-refractivity contribution in [2.45, 2.75) is 0 Å². The normalized spacial score (nSPS) is 10.5. The van der Waals surface area contributed by atoms with Crippen LogP contribution in [0.1, 0.15) is 10.4 Å². The minimum absolute atomic E-state index is 0.0906. The van der Waals surface area contributed by atoms with Crippen molar-refractivity contribution in [3.63, 3.8) is 0 Å². The van der Waals surface area contributed by atoms with Gasteiger partial charge in [0.05, 0.1) is 0 Å². The van der Waals surface area contributed by atoms with Gasteiger partial charge in [0.1, 0.15) is 11.6 Å². The van der Waals surface area contributed by atoms with E-state index in [1.54, 1.807) is 20.2 Å². The molecule has 1 amide bonds. The molecule has 2 aromatic rings. The van der Waals surface area contributed by atoms with Gasteiger partial charge in [-0.05, 0) is 29.7 Å². The maximum absolute atomic E-state index is 13.0. The predicted octanol–water partition coefficient (Wildman–Crippen LogP) is 2.39. The van der Waals surface area contributed by atoms with E-state index in [-0.39, 0.29) is 11.7 Å². The standard InChI is InChI=1S/C13H12FNO2/c1-15(2)13(17)9-5-8-3-4-10(14)7-11(8)12(16)6-9/h3-7,16H,1-2H3. The lowest BCUT2D eigenvalue weighted by Crippen LogP contribution is -2.21. The third kappa shape index (κ3) is 2.06. The van der Waals surface area contributed by atoms with Crippen LogP contribution in [0.5, 0.6) is 5.75 Å². The number of hydrogen-bond donors (Lipinski definition) is 1. The summed E-state index contributed by atoms with van der Waals surface area (Å²) in [6.07, 6.45) is 0. The van der Waals surface area contributed by atoms with Gasteiger partial charge in [0.15, 0.2) is 0 Å². The summed E-state index contributed by atoms with van der Waals surface area (Å²) in [5.41, 5.74) is 0.381. The lowest BCUT2D eigenvalue weighted by molar-refractivity contribution is 0.0827. The smallest absolute Gasteiger partial charge is 0.253 e. The fraction of sp³-hybridized carbons (Fsp3) is 0.154. The first-order valence-electron chi connectivity index (χ1n) is 5.13. The maximum atomic E-state index is 13.0. The average Bonchev–Trinajstić information content (AvgIpc) is 2.28. The molecule has 0 atom stereocenters. The van der Waals surface area contributed by atoms with Crippen LogP contribution in [0.15, 0.2) is 30.3 Å². The highest BCUT2D eigenvalue weighted by atomic mass is 19.1. The third-order valence-corrected chi connectivity index (χ3v) is 2.55. The van der Waals surface area contributed by atoms with E-state index >= 15 is 0 Å². The molecule has 17 heavy (non-hydrogen) atoms. The molecule has 88 valence electrons. The molecule has 2 rings (SSSR count). The lowest BCUT2D eigenvalue weighted by atomic mass is 10.0. The zero-order chi connectivity index (χ0) is 12.6. The molecule has 3 nitrogen and oxygen atoms in total. The van der Waals surface area contributed by atoms with Crippen LogP contribution in [-0.4, -0.2) is 30.0 Å². The van der Waals surface area contributed by atoms with Gasteiger partial charge in [0.25, 0.3) is 5.91 Å². The number of nitrogens with zero attached hydrogens (tertiary/aromatic N) is 1. The molecule has 0 aliphatic rings. The van der Waals surface area contributed by atoms with E-state index in [1.807, 2.05) is 0 Å². The molecule has 0 saturated heterocycles. The Bertz CT molecular complexity index is 593. The Morgan fingerprint density at radius 1 is 1.24 bits per heavy atom. The molecule has 0 spiro atoms.